The summed E-state index contributed by atoms with van der Waals surface area (Å²) in [5.41, 5.74) is 7.97. The van der Waals surface area contributed by atoms with E-state index in [1.54, 1.807) is 20.8 Å². The van der Waals surface area contributed by atoms with Crippen molar-refractivity contribution in [3.63, 3.8) is 0 Å². The summed E-state index contributed by atoms with van der Waals surface area (Å²) in [5, 5.41) is 0. The molecule has 1 aromatic carbocycles. The topological polar surface area (TPSA) is 69.4 Å². The van der Waals surface area contributed by atoms with Crippen molar-refractivity contribution in [1.29, 1.82) is 0 Å². The Morgan fingerprint density at radius 3 is 2.52 bits per heavy atom. The molecule has 0 fully saturated rings. The van der Waals surface area contributed by atoms with Gasteiger partial charge in [-0.25, -0.2) is 0 Å². The standard InChI is InChI=1S/C19H25NO3/c1-18(2,17(22)23-4)12-16(21)19(3,20)11-14-10-9-13-7-5-6-8-15(13)14/h5-8,10H,9,11-12,20H2,1-4H3/t19-/m1/s1. The molecule has 0 aromatic heterocycles. The lowest BCUT2D eigenvalue weighted by Gasteiger charge is -2.29. The van der Waals surface area contributed by atoms with E-state index in [1.165, 1.54) is 18.2 Å². The van der Waals surface area contributed by atoms with Gasteiger partial charge in [-0.2, -0.15) is 0 Å². The van der Waals surface area contributed by atoms with Crippen molar-refractivity contribution in [2.45, 2.75) is 45.6 Å². The van der Waals surface area contributed by atoms with Gasteiger partial charge in [0.25, 0.3) is 0 Å². The average Bonchev–Trinajstić information content (AvgIpc) is 2.88. The van der Waals surface area contributed by atoms with Gasteiger partial charge in [0.05, 0.1) is 18.1 Å². The fourth-order valence-corrected chi connectivity index (χ4v) is 2.97. The Hall–Kier alpha value is -1.94. The van der Waals surface area contributed by atoms with Crippen LogP contribution in [0.3, 0.4) is 0 Å². The van der Waals surface area contributed by atoms with Gasteiger partial charge in [-0.3, -0.25) is 9.59 Å². The summed E-state index contributed by atoms with van der Waals surface area (Å²) in [7, 11) is 1.33. The van der Waals surface area contributed by atoms with Crippen LogP contribution in [0.5, 0.6) is 0 Å². The maximum Gasteiger partial charge on any atom is 0.311 e. The first kappa shape index (κ1) is 17.4. The Bertz CT molecular complexity index is 656. The highest BCUT2D eigenvalue weighted by Gasteiger charge is 2.38. The van der Waals surface area contributed by atoms with Crippen molar-refractivity contribution in [3.8, 4) is 0 Å². The number of allylic oxidation sites excluding steroid dienone is 1. The maximum atomic E-state index is 12.6. The number of rotatable bonds is 6. The van der Waals surface area contributed by atoms with Gasteiger partial charge in [0.15, 0.2) is 5.78 Å². The predicted molar refractivity (Wildman–Crippen MR) is 90.8 cm³/mol. The minimum Gasteiger partial charge on any atom is -0.469 e. The Kier molecular flexibility index (Phi) is 4.76. The first-order chi connectivity index (χ1) is 10.7. The Balaban J connectivity index is 2.11. The van der Waals surface area contributed by atoms with Gasteiger partial charge in [-0.1, -0.05) is 30.3 Å². The van der Waals surface area contributed by atoms with Crippen LogP contribution in [0, 0.1) is 5.41 Å². The second-order valence-electron chi connectivity index (χ2n) is 7.16. The van der Waals surface area contributed by atoms with Crippen LogP contribution in [-0.2, 0) is 20.7 Å². The van der Waals surface area contributed by atoms with Gasteiger partial charge in [0.2, 0.25) is 0 Å². The second-order valence-corrected chi connectivity index (χ2v) is 7.16. The quantitative estimate of drug-likeness (QED) is 0.820. The molecule has 0 amide bonds. The van der Waals surface area contributed by atoms with Crippen molar-refractivity contribution < 1.29 is 14.3 Å². The van der Waals surface area contributed by atoms with Crippen LogP contribution in [0.1, 0.15) is 44.7 Å². The number of hydrogen-bond donors (Lipinski definition) is 1. The largest absolute Gasteiger partial charge is 0.469 e. The maximum absolute atomic E-state index is 12.6. The molecular formula is C19H25NO3. The van der Waals surface area contributed by atoms with E-state index in [4.69, 9.17) is 10.5 Å². The number of esters is 1. The summed E-state index contributed by atoms with van der Waals surface area (Å²) >= 11 is 0. The van der Waals surface area contributed by atoms with Crippen LogP contribution in [0.25, 0.3) is 5.57 Å². The van der Waals surface area contributed by atoms with Crippen LogP contribution >= 0.6 is 0 Å². The third-order valence-electron chi connectivity index (χ3n) is 4.47. The number of methoxy groups -OCH3 is 1. The Morgan fingerprint density at radius 2 is 1.87 bits per heavy atom. The molecule has 1 aromatic rings. The summed E-state index contributed by atoms with van der Waals surface area (Å²) < 4.78 is 4.77. The molecule has 1 aliphatic rings. The first-order valence-corrected chi connectivity index (χ1v) is 7.85. The lowest BCUT2D eigenvalue weighted by Crippen LogP contribution is -2.47. The highest BCUT2D eigenvalue weighted by atomic mass is 16.5. The van der Waals surface area contributed by atoms with Crippen molar-refractivity contribution >= 4 is 17.3 Å². The molecule has 4 nitrogen and oxygen atoms in total. The molecule has 0 bridgehead atoms. The molecule has 0 saturated heterocycles. The molecule has 1 aliphatic carbocycles. The molecular weight excluding hydrogens is 290 g/mol. The summed E-state index contributed by atoms with van der Waals surface area (Å²) in [6, 6.07) is 8.16. The zero-order valence-electron chi connectivity index (χ0n) is 14.3. The number of ether oxygens (including phenoxy) is 1. The number of nitrogens with two attached hydrogens (primary N) is 1. The van der Waals surface area contributed by atoms with Gasteiger partial charge >= 0.3 is 5.97 Å². The van der Waals surface area contributed by atoms with Crippen molar-refractivity contribution in [2.75, 3.05) is 7.11 Å². The number of benzene rings is 1. The Morgan fingerprint density at radius 1 is 1.22 bits per heavy atom. The van der Waals surface area contributed by atoms with E-state index < -0.39 is 16.9 Å². The summed E-state index contributed by atoms with van der Waals surface area (Å²) in [6.45, 7) is 5.15. The van der Waals surface area contributed by atoms with Crippen molar-refractivity contribution in [1.82, 2.24) is 0 Å². The number of hydrogen-bond acceptors (Lipinski definition) is 4. The number of fused-ring (bicyclic) bond motifs is 1. The van der Waals surface area contributed by atoms with E-state index in [2.05, 4.69) is 18.2 Å². The highest BCUT2D eigenvalue weighted by molar-refractivity contribution is 5.94. The van der Waals surface area contributed by atoms with E-state index in [0.29, 0.717) is 6.42 Å². The van der Waals surface area contributed by atoms with Crippen LogP contribution in [0.15, 0.2) is 30.3 Å². The zero-order chi connectivity index (χ0) is 17.3. The average molecular weight is 315 g/mol. The second kappa shape index (κ2) is 6.28. The fraction of sp³-hybridized carbons (Fsp3) is 0.474. The highest BCUT2D eigenvalue weighted by Crippen LogP contribution is 2.34. The van der Waals surface area contributed by atoms with E-state index >= 15 is 0 Å². The molecule has 124 valence electrons. The van der Waals surface area contributed by atoms with Gasteiger partial charge in [0, 0.05) is 6.42 Å². The molecule has 1 atom stereocenters. The zero-order valence-corrected chi connectivity index (χ0v) is 14.3. The minimum absolute atomic E-state index is 0.0710. The molecule has 0 aliphatic heterocycles. The van der Waals surface area contributed by atoms with Crippen molar-refractivity contribution in [3.05, 3.63) is 41.5 Å². The van der Waals surface area contributed by atoms with Crippen molar-refractivity contribution in [2.24, 2.45) is 11.1 Å². The van der Waals surface area contributed by atoms with E-state index in [9.17, 15) is 9.59 Å². The third-order valence-corrected chi connectivity index (χ3v) is 4.47. The monoisotopic (exact) mass is 315 g/mol. The number of Topliss-reactive ketones (excluding diaryl/α,β-unsaturated/α-hetero) is 1. The number of carbonyl (C=O) groups excluding carboxylic acids is 2. The van der Waals surface area contributed by atoms with Gasteiger partial charge < -0.3 is 10.5 Å². The van der Waals surface area contributed by atoms with E-state index in [1.807, 2.05) is 12.1 Å². The number of carbonyl (C=O) groups is 2. The lowest BCUT2D eigenvalue weighted by molar-refractivity contribution is -0.153. The summed E-state index contributed by atoms with van der Waals surface area (Å²) in [5.74, 6) is -0.523. The minimum atomic E-state index is -1.01. The molecule has 0 heterocycles. The normalized spacial score (nSPS) is 16.3. The van der Waals surface area contributed by atoms with Crippen LogP contribution in [-0.4, -0.2) is 24.4 Å². The number of ketones is 1. The predicted octanol–water partition coefficient (Wildman–Crippen LogP) is 2.89. The van der Waals surface area contributed by atoms with E-state index in [0.717, 1.165) is 12.0 Å². The van der Waals surface area contributed by atoms with Gasteiger partial charge in [-0.15, -0.1) is 0 Å². The molecule has 0 unspecified atom stereocenters. The molecule has 4 heteroatoms. The summed E-state index contributed by atoms with van der Waals surface area (Å²) in [4.78, 5) is 24.4. The SMILES string of the molecule is COC(=O)C(C)(C)CC(=O)[C@](C)(N)CC1=CCc2ccccc21. The molecule has 0 spiro atoms. The fourth-order valence-electron chi connectivity index (χ4n) is 2.97. The lowest BCUT2D eigenvalue weighted by atomic mass is 9.79. The Labute approximate surface area is 137 Å². The van der Waals surface area contributed by atoms with E-state index in [-0.39, 0.29) is 12.2 Å². The molecule has 0 saturated carbocycles. The molecule has 2 N–H and O–H groups in total. The summed E-state index contributed by atoms with van der Waals surface area (Å²) in [6.07, 6.45) is 3.56. The van der Waals surface area contributed by atoms with Gasteiger partial charge in [-0.05, 0) is 50.3 Å². The van der Waals surface area contributed by atoms with Crippen LogP contribution in [0.2, 0.25) is 0 Å². The smallest absolute Gasteiger partial charge is 0.311 e. The molecule has 2 rings (SSSR count). The molecule has 23 heavy (non-hydrogen) atoms. The first-order valence-electron chi connectivity index (χ1n) is 7.85. The third kappa shape index (κ3) is 3.70. The molecule has 0 radical (unpaired) electrons. The van der Waals surface area contributed by atoms with Gasteiger partial charge in [0.1, 0.15) is 0 Å². The van der Waals surface area contributed by atoms with Crippen LogP contribution < -0.4 is 5.73 Å². The van der Waals surface area contributed by atoms with Crippen LogP contribution in [0.4, 0.5) is 0 Å².